The van der Waals surface area contributed by atoms with Gasteiger partial charge in [-0.15, -0.1) is 0 Å². The van der Waals surface area contributed by atoms with E-state index in [0.29, 0.717) is 24.8 Å². The first-order valence-corrected chi connectivity index (χ1v) is 7.69. The molecule has 5 heteroatoms. The molecule has 21 heavy (non-hydrogen) atoms. The molecule has 1 amide bonds. The SMILES string of the molecule is CCCNc1ccnc(C(=O)NCCCOCC(C)C)c1. The van der Waals surface area contributed by atoms with Gasteiger partial charge in [0, 0.05) is 38.2 Å². The summed E-state index contributed by atoms with van der Waals surface area (Å²) in [5.74, 6) is 0.404. The topological polar surface area (TPSA) is 63.2 Å². The van der Waals surface area contributed by atoms with Crippen molar-refractivity contribution < 1.29 is 9.53 Å². The molecule has 0 spiro atoms. The van der Waals surface area contributed by atoms with E-state index in [1.54, 1.807) is 12.3 Å². The minimum Gasteiger partial charge on any atom is -0.385 e. The van der Waals surface area contributed by atoms with Crippen molar-refractivity contribution >= 4 is 11.6 Å². The van der Waals surface area contributed by atoms with Gasteiger partial charge in [-0.2, -0.15) is 0 Å². The number of carbonyl (C=O) groups excluding carboxylic acids is 1. The Morgan fingerprint density at radius 1 is 1.38 bits per heavy atom. The molecule has 118 valence electrons. The summed E-state index contributed by atoms with van der Waals surface area (Å²) in [5.41, 5.74) is 1.37. The summed E-state index contributed by atoms with van der Waals surface area (Å²) in [6.07, 6.45) is 3.51. The summed E-state index contributed by atoms with van der Waals surface area (Å²) in [7, 11) is 0. The number of aromatic nitrogens is 1. The van der Waals surface area contributed by atoms with Gasteiger partial charge in [0.15, 0.2) is 0 Å². The van der Waals surface area contributed by atoms with Crippen LogP contribution in [0.1, 0.15) is 44.1 Å². The van der Waals surface area contributed by atoms with E-state index in [2.05, 4.69) is 36.4 Å². The molecule has 0 atom stereocenters. The van der Waals surface area contributed by atoms with E-state index < -0.39 is 0 Å². The molecule has 0 saturated carbocycles. The Hall–Kier alpha value is -1.62. The van der Waals surface area contributed by atoms with Crippen LogP contribution in [0, 0.1) is 5.92 Å². The van der Waals surface area contributed by atoms with Gasteiger partial charge in [-0.3, -0.25) is 9.78 Å². The highest BCUT2D eigenvalue weighted by Crippen LogP contribution is 2.07. The third-order valence-corrected chi connectivity index (χ3v) is 2.77. The van der Waals surface area contributed by atoms with Crippen LogP contribution in [0.4, 0.5) is 5.69 Å². The Labute approximate surface area is 127 Å². The van der Waals surface area contributed by atoms with Gasteiger partial charge in [0.25, 0.3) is 5.91 Å². The van der Waals surface area contributed by atoms with Crippen LogP contribution in [0.15, 0.2) is 18.3 Å². The van der Waals surface area contributed by atoms with Crippen molar-refractivity contribution in [2.45, 2.75) is 33.6 Å². The molecule has 0 radical (unpaired) electrons. The Morgan fingerprint density at radius 2 is 2.19 bits per heavy atom. The molecule has 0 saturated heterocycles. The number of hydrogen-bond acceptors (Lipinski definition) is 4. The highest BCUT2D eigenvalue weighted by Gasteiger charge is 2.07. The molecule has 0 aliphatic rings. The van der Waals surface area contributed by atoms with Crippen molar-refractivity contribution in [3.8, 4) is 0 Å². The zero-order valence-electron chi connectivity index (χ0n) is 13.3. The second kappa shape index (κ2) is 10.2. The Bertz CT molecular complexity index is 422. The van der Waals surface area contributed by atoms with Crippen molar-refractivity contribution in [3.05, 3.63) is 24.0 Å². The van der Waals surface area contributed by atoms with Gasteiger partial charge in [-0.05, 0) is 30.9 Å². The maximum atomic E-state index is 12.0. The highest BCUT2D eigenvalue weighted by atomic mass is 16.5. The van der Waals surface area contributed by atoms with Crippen molar-refractivity contribution in [3.63, 3.8) is 0 Å². The van der Waals surface area contributed by atoms with Crippen LogP contribution < -0.4 is 10.6 Å². The van der Waals surface area contributed by atoms with Gasteiger partial charge < -0.3 is 15.4 Å². The molecule has 1 rings (SSSR count). The van der Waals surface area contributed by atoms with Crippen LogP contribution >= 0.6 is 0 Å². The fourth-order valence-corrected chi connectivity index (χ4v) is 1.72. The summed E-state index contributed by atoms with van der Waals surface area (Å²) >= 11 is 0. The summed E-state index contributed by atoms with van der Waals surface area (Å²) in [4.78, 5) is 16.1. The van der Waals surface area contributed by atoms with Gasteiger partial charge in [-0.1, -0.05) is 20.8 Å². The number of amides is 1. The molecule has 1 heterocycles. The van der Waals surface area contributed by atoms with Crippen LogP contribution in [-0.2, 0) is 4.74 Å². The lowest BCUT2D eigenvalue weighted by atomic mass is 10.2. The summed E-state index contributed by atoms with van der Waals surface area (Å²) in [5, 5.41) is 6.11. The van der Waals surface area contributed by atoms with E-state index in [0.717, 1.165) is 31.7 Å². The lowest BCUT2D eigenvalue weighted by Gasteiger charge is -2.09. The van der Waals surface area contributed by atoms with Crippen LogP contribution in [0.25, 0.3) is 0 Å². The predicted molar refractivity (Wildman–Crippen MR) is 85.6 cm³/mol. The van der Waals surface area contributed by atoms with Gasteiger partial charge in [-0.25, -0.2) is 0 Å². The van der Waals surface area contributed by atoms with Crippen LogP contribution in [-0.4, -0.2) is 37.2 Å². The number of nitrogens with one attached hydrogen (secondary N) is 2. The predicted octanol–water partition coefficient (Wildman–Crippen LogP) is 2.70. The number of carbonyl (C=O) groups is 1. The fourth-order valence-electron chi connectivity index (χ4n) is 1.72. The normalized spacial score (nSPS) is 10.7. The third-order valence-electron chi connectivity index (χ3n) is 2.77. The maximum Gasteiger partial charge on any atom is 0.269 e. The molecule has 0 fully saturated rings. The van der Waals surface area contributed by atoms with Gasteiger partial charge in [0.1, 0.15) is 5.69 Å². The first kappa shape index (κ1) is 17.4. The fraction of sp³-hybridized carbons (Fsp3) is 0.625. The van der Waals surface area contributed by atoms with Gasteiger partial charge in [0.2, 0.25) is 0 Å². The quantitative estimate of drug-likeness (QED) is 0.651. The highest BCUT2D eigenvalue weighted by molar-refractivity contribution is 5.93. The number of rotatable bonds is 10. The molecule has 0 aromatic carbocycles. The molecule has 2 N–H and O–H groups in total. The van der Waals surface area contributed by atoms with Crippen molar-refractivity contribution in [2.24, 2.45) is 5.92 Å². The van der Waals surface area contributed by atoms with Gasteiger partial charge >= 0.3 is 0 Å². The molecule has 0 unspecified atom stereocenters. The minimum atomic E-state index is -0.140. The van der Waals surface area contributed by atoms with E-state index in [1.807, 2.05) is 6.07 Å². The first-order valence-electron chi connectivity index (χ1n) is 7.69. The van der Waals surface area contributed by atoms with Crippen molar-refractivity contribution in [1.82, 2.24) is 10.3 Å². The molecular weight excluding hydrogens is 266 g/mol. The summed E-state index contributed by atoms with van der Waals surface area (Å²) in [6, 6.07) is 3.65. The molecule has 1 aromatic rings. The zero-order chi connectivity index (χ0) is 15.5. The second-order valence-corrected chi connectivity index (χ2v) is 5.43. The summed E-state index contributed by atoms with van der Waals surface area (Å²) < 4.78 is 5.47. The first-order chi connectivity index (χ1) is 10.1. The minimum absolute atomic E-state index is 0.140. The zero-order valence-corrected chi connectivity index (χ0v) is 13.3. The molecule has 0 aliphatic carbocycles. The van der Waals surface area contributed by atoms with Crippen molar-refractivity contribution in [1.29, 1.82) is 0 Å². The Morgan fingerprint density at radius 3 is 2.90 bits per heavy atom. The monoisotopic (exact) mass is 293 g/mol. The third kappa shape index (κ3) is 7.66. The number of hydrogen-bond donors (Lipinski definition) is 2. The molecular formula is C16H27N3O2. The number of ether oxygens (including phenoxy) is 1. The smallest absolute Gasteiger partial charge is 0.269 e. The average Bonchev–Trinajstić information content (AvgIpc) is 2.48. The molecule has 1 aromatic heterocycles. The molecule has 0 bridgehead atoms. The largest absolute Gasteiger partial charge is 0.385 e. The molecule has 5 nitrogen and oxygen atoms in total. The van der Waals surface area contributed by atoms with Crippen molar-refractivity contribution in [2.75, 3.05) is 31.6 Å². The van der Waals surface area contributed by atoms with E-state index in [1.165, 1.54) is 0 Å². The average molecular weight is 293 g/mol. The number of pyridine rings is 1. The van der Waals surface area contributed by atoms with Gasteiger partial charge in [0.05, 0.1) is 0 Å². The Balaban J connectivity index is 2.28. The second-order valence-electron chi connectivity index (χ2n) is 5.43. The molecule has 0 aliphatic heterocycles. The standard InChI is InChI=1S/C16H27N3O2/c1-4-7-17-14-6-9-18-15(11-14)16(20)19-8-5-10-21-12-13(2)3/h6,9,11,13H,4-5,7-8,10,12H2,1-3H3,(H,17,18)(H,19,20). The lowest BCUT2D eigenvalue weighted by Crippen LogP contribution is -2.26. The van der Waals surface area contributed by atoms with E-state index in [4.69, 9.17) is 4.74 Å². The summed E-state index contributed by atoms with van der Waals surface area (Å²) in [6.45, 7) is 9.26. The number of nitrogens with zero attached hydrogens (tertiary/aromatic N) is 1. The number of anilines is 1. The van der Waals surface area contributed by atoms with Crippen LogP contribution in [0.2, 0.25) is 0 Å². The lowest BCUT2D eigenvalue weighted by molar-refractivity contribution is 0.0920. The van der Waals surface area contributed by atoms with E-state index in [9.17, 15) is 4.79 Å². The maximum absolute atomic E-state index is 12.0. The van der Waals surface area contributed by atoms with Crippen LogP contribution in [0.5, 0.6) is 0 Å². The van der Waals surface area contributed by atoms with E-state index >= 15 is 0 Å². The van der Waals surface area contributed by atoms with Crippen LogP contribution in [0.3, 0.4) is 0 Å². The Kier molecular flexibility index (Phi) is 8.43. The van der Waals surface area contributed by atoms with E-state index in [-0.39, 0.29) is 5.91 Å².